The van der Waals surface area contributed by atoms with Crippen LogP contribution in [0.1, 0.15) is 0 Å². The number of rotatable bonds is 8. The minimum absolute atomic E-state index is 0.885. The first kappa shape index (κ1) is 56.5. The van der Waals surface area contributed by atoms with Crippen LogP contribution in [0.25, 0.3) is 198 Å². The zero-order chi connectivity index (χ0) is 64.6. The third-order valence-electron chi connectivity index (χ3n) is 19.8. The fourth-order valence-corrected chi connectivity index (χ4v) is 15.1. The molecule has 0 atom stereocenters. The lowest BCUT2D eigenvalue weighted by molar-refractivity contribution is 0.669. The highest BCUT2D eigenvalue weighted by Gasteiger charge is 2.22. The Morgan fingerprint density at radius 3 is 0.969 bits per heavy atom. The summed E-state index contributed by atoms with van der Waals surface area (Å²) in [6.07, 6.45) is 3.99. The average molecular weight is 1250 g/mol. The van der Waals surface area contributed by atoms with Crippen LogP contribution >= 0.6 is 0 Å². The number of furan rings is 2. The molecule has 0 saturated heterocycles. The number of pyridine rings is 2. The van der Waals surface area contributed by atoms with Crippen molar-refractivity contribution in [2.45, 2.75) is 0 Å². The monoisotopic (exact) mass is 1250 g/mol. The normalized spacial score (nSPS) is 11.7. The molecule has 4 nitrogen and oxygen atoms in total. The summed E-state index contributed by atoms with van der Waals surface area (Å²) in [6, 6.07) is 121. The standard InChI is InChI=1S/2C47H29NO/c1-2-11-30(12-3-1)31-21-23-32(24-22-31)45-37-15-6-8-17-39(37)46(40-18-9-7-16-38(40)45)43-26-25-35(29-48-43)36-19-10-20-41-42-27-33-13-4-5-14-34(33)28-44(42)49-47(36)41;1-2-10-30(11-3-1)31-18-20-32(21-19-31)46-38-14-6-8-16-40(38)47(41-17-9-7-15-39(41)46)43-25-23-36(29-48-43)35-22-24-37-42-26-33-12-4-5-13-34(33)27-45(42)49-44(37)28-35/h2*1-29H. The van der Waals surface area contributed by atoms with Gasteiger partial charge in [0.1, 0.15) is 22.3 Å². The first-order valence-electron chi connectivity index (χ1n) is 33.4. The third kappa shape index (κ3) is 9.68. The van der Waals surface area contributed by atoms with E-state index in [4.69, 9.17) is 18.8 Å². The van der Waals surface area contributed by atoms with Gasteiger partial charge in [-0.2, -0.15) is 0 Å². The van der Waals surface area contributed by atoms with Crippen molar-refractivity contribution >= 4 is 109 Å². The van der Waals surface area contributed by atoms with Crippen LogP contribution < -0.4 is 0 Å². The van der Waals surface area contributed by atoms with Gasteiger partial charge in [0.2, 0.25) is 0 Å². The van der Waals surface area contributed by atoms with E-state index in [9.17, 15) is 0 Å². The number of fused-ring (bicyclic) bond motifs is 12. The fraction of sp³-hybridized carbons (Fsp3) is 0. The molecule has 0 N–H and O–H groups in total. The molecular formula is C94H58N2O2. The second kappa shape index (κ2) is 23.5. The van der Waals surface area contributed by atoms with Crippen LogP contribution in [0, 0.1) is 0 Å². The van der Waals surface area contributed by atoms with Crippen molar-refractivity contribution in [3.8, 4) is 89.3 Å². The molecule has 16 aromatic carbocycles. The van der Waals surface area contributed by atoms with Gasteiger partial charge in [0, 0.05) is 61.8 Å². The van der Waals surface area contributed by atoms with E-state index in [-0.39, 0.29) is 0 Å². The summed E-state index contributed by atoms with van der Waals surface area (Å²) in [6.45, 7) is 0. The second-order valence-electron chi connectivity index (χ2n) is 25.4. The van der Waals surface area contributed by atoms with Gasteiger partial charge in [-0.3, -0.25) is 9.97 Å². The zero-order valence-corrected chi connectivity index (χ0v) is 53.2. The minimum Gasteiger partial charge on any atom is -0.456 e. The SMILES string of the molecule is c1ccc(-c2ccc(-c3c4ccccc4c(-c4ccc(-c5ccc6c(c5)oc5cc7ccccc7cc56)cn4)c4ccccc34)cc2)cc1.c1ccc(-c2ccc(-c3c4ccccc4c(-c4ccc(-c5cccc6c5oc5cc7ccccc7cc56)cn4)c4ccccc34)cc2)cc1. The predicted molar refractivity (Wildman–Crippen MR) is 412 cm³/mol. The molecule has 0 aliphatic carbocycles. The lowest BCUT2D eigenvalue weighted by atomic mass is 9.87. The Morgan fingerprint density at radius 2 is 0.520 bits per heavy atom. The maximum atomic E-state index is 6.54. The van der Waals surface area contributed by atoms with E-state index in [1.165, 1.54) is 109 Å². The molecule has 456 valence electrons. The average Bonchev–Trinajstić information content (AvgIpc) is 1.03. The molecule has 98 heavy (non-hydrogen) atoms. The molecule has 4 aromatic heterocycles. The van der Waals surface area contributed by atoms with Crippen LogP contribution in [0.2, 0.25) is 0 Å². The van der Waals surface area contributed by atoms with Gasteiger partial charge in [-0.05, 0) is 163 Å². The fourth-order valence-electron chi connectivity index (χ4n) is 15.1. The van der Waals surface area contributed by atoms with Gasteiger partial charge in [0.15, 0.2) is 0 Å². The van der Waals surface area contributed by atoms with E-state index in [2.05, 4.69) is 340 Å². The van der Waals surface area contributed by atoms with Crippen molar-refractivity contribution < 1.29 is 8.83 Å². The van der Waals surface area contributed by atoms with E-state index in [0.717, 1.165) is 88.6 Å². The first-order chi connectivity index (χ1) is 48.6. The van der Waals surface area contributed by atoms with E-state index in [0.29, 0.717) is 0 Å². The Labute approximate surface area is 565 Å². The highest BCUT2D eigenvalue weighted by Crippen LogP contribution is 2.47. The van der Waals surface area contributed by atoms with Gasteiger partial charge < -0.3 is 8.83 Å². The van der Waals surface area contributed by atoms with Crippen LogP contribution in [-0.2, 0) is 0 Å². The zero-order valence-electron chi connectivity index (χ0n) is 53.2. The largest absolute Gasteiger partial charge is 0.456 e. The lowest BCUT2D eigenvalue weighted by Gasteiger charge is -2.17. The number of hydrogen-bond donors (Lipinski definition) is 0. The van der Waals surface area contributed by atoms with Crippen molar-refractivity contribution in [3.63, 3.8) is 0 Å². The van der Waals surface area contributed by atoms with Gasteiger partial charge in [-0.1, -0.05) is 291 Å². The van der Waals surface area contributed by atoms with Gasteiger partial charge in [-0.15, -0.1) is 0 Å². The quantitative estimate of drug-likeness (QED) is 0.142. The first-order valence-corrected chi connectivity index (χ1v) is 33.4. The molecule has 0 radical (unpaired) electrons. The summed E-state index contributed by atoms with van der Waals surface area (Å²) >= 11 is 0. The van der Waals surface area contributed by atoms with Crippen LogP contribution in [0.5, 0.6) is 0 Å². The van der Waals surface area contributed by atoms with Gasteiger partial charge in [-0.25, -0.2) is 0 Å². The van der Waals surface area contributed by atoms with Crippen molar-refractivity contribution in [2.24, 2.45) is 0 Å². The maximum Gasteiger partial charge on any atom is 0.143 e. The van der Waals surface area contributed by atoms with Crippen molar-refractivity contribution in [1.82, 2.24) is 9.97 Å². The van der Waals surface area contributed by atoms with Gasteiger partial charge in [0.25, 0.3) is 0 Å². The lowest BCUT2D eigenvalue weighted by Crippen LogP contribution is -1.93. The van der Waals surface area contributed by atoms with Crippen LogP contribution in [0.15, 0.2) is 361 Å². The van der Waals surface area contributed by atoms with E-state index in [1.54, 1.807) is 0 Å². The number of benzene rings is 16. The topological polar surface area (TPSA) is 52.1 Å². The van der Waals surface area contributed by atoms with Gasteiger partial charge >= 0.3 is 0 Å². The number of aromatic nitrogens is 2. The number of nitrogens with zero attached hydrogens (tertiary/aromatic N) is 2. The Balaban J connectivity index is 0.000000137. The number of para-hydroxylation sites is 1. The summed E-state index contributed by atoms with van der Waals surface area (Å²) < 4.78 is 12.9. The molecule has 20 aromatic rings. The Hall–Kier alpha value is -13.0. The molecule has 0 bridgehead atoms. The van der Waals surface area contributed by atoms with E-state index < -0.39 is 0 Å². The van der Waals surface area contributed by atoms with Crippen molar-refractivity contribution in [2.75, 3.05) is 0 Å². The van der Waals surface area contributed by atoms with Crippen LogP contribution in [-0.4, -0.2) is 9.97 Å². The molecule has 4 heteroatoms. The highest BCUT2D eigenvalue weighted by atomic mass is 16.3. The minimum atomic E-state index is 0.885. The Kier molecular flexibility index (Phi) is 13.5. The molecule has 0 aliphatic rings. The molecule has 0 amide bonds. The summed E-state index contributed by atoms with van der Waals surface area (Å²) in [7, 11) is 0. The summed E-state index contributed by atoms with van der Waals surface area (Å²) in [4.78, 5) is 10.2. The molecule has 0 aliphatic heterocycles. The second-order valence-corrected chi connectivity index (χ2v) is 25.4. The van der Waals surface area contributed by atoms with Gasteiger partial charge in [0.05, 0.1) is 11.4 Å². The molecule has 4 heterocycles. The molecular weight excluding hydrogens is 1190 g/mol. The highest BCUT2D eigenvalue weighted by molar-refractivity contribution is 6.23. The molecule has 20 rings (SSSR count). The molecule has 0 unspecified atom stereocenters. The Bertz CT molecular complexity index is 6370. The Morgan fingerprint density at radius 1 is 0.184 bits per heavy atom. The predicted octanol–water partition coefficient (Wildman–Crippen LogP) is 26.2. The maximum absolute atomic E-state index is 6.54. The summed E-state index contributed by atoms with van der Waals surface area (Å²) in [5.41, 5.74) is 21.8. The summed E-state index contributed by atoms with van der Waals surface area (Å²) in [5, 5.41) is 18.9. The smallest absolute Gasteiger partial charge is 0.143 e. The van der Waals surface area contributed by atoms with E-state index >= 15 is 0 Å². The number of hydrogen-bond acceptors (Lipinski definition) is 4. The molecule has 0 fully saturated rings. The summed E-state index contributed by atoms with van der Waals surface area (Å²) in [5.74, 6) is 0. The van der Waals surface area contributed by atoms with E-state index in [1.807, 2.05) is 12.4 Å². The molecule has 0 saturated carbocycles. The third-order valence-corrected chi connectivity index (χ3v) is 19.8. The van der Waals surface area contributed by atoms with Crippen LogP contribution in [0.3, 0.4) is 0 Å². The van der Waals surface area contributed by atoms with Crippen molar-refractivity contribution in [1.29, 1.82) is 0 Å². The van der Waals surface area contributed by atoms with Crippen molar-refractivity contribution in [3.05, 3.63) is 352 Å². The van der Waals surface area contributed by atoms with Crippen LogP contribution in [0.4, 0.5) is 0 Å². The molecule has 0 spiro atoms.